The molecule has 1 aliphatic carbocycles. The first-order valence-corrected chi connectivity index (χ1v) is 13.0. The van der Waals surface area contributed by atoms with Gasteiger partial charge in [-0.15, -0.1) is 0 Å². The van der Waals surface area contributed by atoms with Crippen LogP contribution in [-0.2, 0) is 22.0 Å². The third kappa shape index (κ3) is 4.52. The molecule has 34 heavy (non-hydrogen) atoms. The van der Waals surface area contributed by atoms with Crippen molar-refractivity contribution in [2.24, 2.45) is 0 Å². The number of benzene rings is 3. The quantitative estimate of drug-likeness (QED) is 0.427. The number of sulfone groups is 1. The predicted molar refractivity (Wildman–Crippen MR) is 131 cm³/mol. The van der Waals surface area contributed by atoms with Crippen molar-refractivity contribution in [1.29, 1.82) is 0 Å². The van der Waals surface area contributed by atoms with Gasteiger partial charge in [0.25, 0.3) is 5.91 Å². The molecule has 6 nitrogen and oxygen atoms in total. The highest BCUT2D eigenvalue weighted by atomic mass is 32.2. The molecule has 0 saturated carbocycles. The van der Waals surface area contributed by atoms with E-state index in [4.69, 9.17) is 0 Å². The van der Waals surface area contributed by atoms with Crippen LogP contribution in [0.2, 0.25) is 0 Å². The topological polar surface area (TPSA) is 81.1 Å². The van der Waals surface area contributed by atoms with Gasteiger partial charge in [0.05, 0.1) is 22.9 Å². The number of hydrogen-bond donors (Lipinski definition) is 1. The SMILES string of the molecule is O=C(Nc1ccnn1C1CCCc2ccccc21)c1cccc(S(=O)(=O)Cc2ccccc2)c1. The fraction of sp³-hybridized carbons (Fsp3) is 0.185. The van der Waals surface area contributed by atoms with E-state index in [0.29, 0.717) is 11.4 Å². The lowest BCUT2D eigenvalue weighted by molar-refractivity contribution is 0.102. The van der Waals surface area contributed by atoms with E-state index in [1.54, 1.807) is 36.5 Å². The summed E-state index contributed by atoms with van der Waals surface area (Å²) in [6.45, 7) is 0. The van der Waals surface area contributed by atoms with Crippen molar-refractivity contribution in [2.45, 2.75) is 36.0 Å². The van der Waals surface area contributed by atoms with Gasteiger partial charge in [-0.05, 0) is 54.2 Å². The smallest absolute Gasteiger partial charge is 0.256 e. The summed E-state index contributed by atoms with van der Waals surface area (Å²) in [5.74, 6) is 0.0964. The van der Waals surface area contributed by atoms with Crippen LogP contribution >= 0.6 is 0 Å². The van der Waals surface area contributed by atoms with Crippen molar-refractivity contribution in [1.82, 2.24) is 9.78 Å². The van der Waals surface area contributed by atoms with Crippen LogP contribution in [0.4, 0.5) is 5.82 Å². The Morgan fingerprint density at radius 2 is 1.76 bits per heavy atom. The molecule has 1 atom stereocenters. The van der Waals surface area contributed by atoms with Crippen LogP contribution in [0, 0.1) is 0 Å². The highest BCUT2D eigenvalue weighted by Crippen LogP contribution is 2.34. The number of rotatable bonds is 6. The van der Waals surface area contributed by atoms with Gasteiger partial charge in [-0.1, -0.05) is 60.7 Å². The van der Waals surface area contributed by atoms with E-state index >= 15 is 0 Å². The van der Waals surface area contributed by atoms with E-state index in [0.717, 1.165) is 19.3 Å². The van der Waals surface area contributed by atoms with Gasteiger partial charge in [0.15, 0.2) is 9.84 Å². The fourth-order valence-corrected chi connectivity index (χ4v) is 5.93. The summed E-state index contributed by atoms with van der Waals surface area (Å²) in [4.78, 5) is 13.2. The lowest BCUT2D eigenvalue weighted by Gasteiger charge is -2.27. The van der Waals surface area contributed by atoms with Crippen LogP contribution in [0.25, 0.3) is 0 Å². The van der Waals surface area contributed by atoms with E-state index < -0.39 is 9.84 Å². The van der Waals surface area contributed by atoms with Crippen LogP contribution in [-0.4, -0.2) is 24.1 Å². The molecule has 0 radical (unpaired) electrons. The normalized spacial score (nSPS) is 15.5. The number of carbonyl (C=O) groups excluding carboxylic acids is 1. The minimum atomic E-state index is -3.59. The minimum Gasteiger partial charge on any atom is -0.307 e. The summed E-state index contributed by atoms with van der Waals surface area (Å²) in [5, 5.41) is 7.43. The van der Waals surface area contributed by atoms with Crippen molar-refractivity contribution in [2.75, 3.05) is 5.32 Å². The van der Waals surface area contributed by atoms with Gasteiger partial charge in [-0.3, -0.25) is 4.79 Å². The number of nitrogens with zero attached hydrogens (tertiary/aromatic N) is 2. The first-order valence-electron chi connectivity index (χ1n) is 11.3. The summed E-state index contributed by atoms with van der Waals surface area (Å²) in [6.07, 6.45) is 4.71. The molecule has 1 aliphatic rings. The number of hydrogen-bond acceptors (Lipinski definition) is 4. The summed E-state index contributed by atoms with van der Waals surface area (Å²) in [7, 11) is -3.59. The molecule has 1 N–H and O–H groups in total. The van der Waals surface area contributed by atoms with Gasteiger partial charge >= 0.3 is 0 Å². The Morgan fingerprint density at radius 3 is 2.62 bits per heavy atom. The lowest BCUT2D eigenvalue weighted by atomic mass is 9.88. The first-order chi connectivity index (χ1) is 16.5. The van der Waals surface area contributed by atoms with Crippen LogP contribution in [0.3, 0.4) is 0 Å². The Balaban J connectivity index is 1.38. The number of amides is 1. The molecule has 0 bridgehead atoms. The minimum absolute atomic E-state index is 0.0489. The number of carbonyl (C=O) groups is 1. The second kappa shape index (κ2) is 9.27. The van der Waals surface area contributed by atoms with Crippen molar-refractivity contribution in [3.63, 3.8) is 0 Å². The molecule has 5 rings (SSSR count). The molecule has 172 valence electrons. The van der Waals surface area contributed by atoms with E-state index in [2.05, 4.69) is 22.5 Å². The molecule has 0 fully saturated rings. The number of fused-ring (bicyclic) bond motifs is 1. The molecule has 0 saturated heterocycles. The monoisotopic (exact) mass is 471 g/mol. The van der Waals surface area contributed by atoms with Crippen LogP contribution < -0.4 is 5.32 Å². The van der Waals surface area contributed by atoms with E-state index in [9.17, 15) is 13.2 Å². The Labute approximate surface area is 199 Å². The highest BCUT2D eigenvalue weighted by Gasteiger charge is 2.24. The largest absolute Gasteiger partial charge is 0.307 e. The third-order valence-electron chi connectivity index (χ3n) is 6.20. The zero-order chi connectivity index (χ0) is 23.5. The lowest BCUT2D eigenvalue weighted by Crippen LogP contribution is -2.22. The molecule has 7 heteroatoms. The second-order valence-electron chi connectivity index (χ2n) is 8.49. The molecular formula is C27H25N3O3S. The van der Waals surface area contributed by atoms with E-state index in [1.165, 1.54) is 23.3 Å². The Kier molecular flexibility index (Phi) is 6.02. The summed E-state index contributed by atoms with van der Waals surface area (Å²) in [6, 6.07) is 25.3. The standard InChI is InChI=1S/C27H25N3O3S/c31-27(22-12-6-13-23(18-22)34(32,33)19-20-8-2-1-3-9-20)29-26-16-17-28-30(26)25-15-7-11-21-10-4-5-14-24(21)25/h1-6,8-10,12-14,16-18,25H,7,11,15,19H2,(H,29,31). The number of nitrogens with one attached hydrogen (secondary N) is 1. The Bertz CT molecular complexity index is 1430. The zero-order valence-corrected chi connectivity index (χ0v) is 19.4. The van der Waals surface area contributed by atoms with Gasteiger partial charge in [0, 0.05) is 11.6 Å². The third-order valence-corrected chi connectivity index (χ3v) is 7.89. The second-order valence-corrected chi connectivity index (χ2v) is 10.5. The maximum atomic E-state index is 13.1. The van der Waals surface area contributed by atoms with Gasteiger partial charge < -0.3 is 5.32 Å². The molecule has 3 aromatic carbocycles. The Hall–Kier alpha value is -3.71. The zero-order valence-electron chi connectivity index (χ0n) is 18.6. The average molecular weight is 472 g/mol. The fourth-order valence-electron chi connectivity index (χ4n) is 4.54. The molecule has 0 spiro atoms. The molecule has 0 aliphatic heterocycles. The molecule has 1 heterocycles. The Morgan fingerprint density at radius 1 is 0.971 bits per heavy atom. The van der Waals surface area contributed by atoms with Gasteiger partial charge in [0.2, 0.25) is 0 Å². The van der Waals surface area contributed by atoms with Gasteiger partial charge in [-0.2, -0.15) is 5.10 Å². The van der Waals surface area contributed by atoms with Crippen LogP contribution in [0.15, 0.2) is 96.0 Å². The van der Waals surface area contributed by atoms with Crippen molar-refractivity contribution in [3.8, 4) is 0 Å². The highest BCUT2D eigenvalue weighted by molar-refractivity contribution is 7.90. The maximum absolute atomic E-state index is 13.1. The maximum Gasteiger partial charge on any atom is 0.256 e. The van der Waals surface area contributed by atoms with Gasteiger partial charge in [0.1, 0.15) is 5.82 Å². The number of aryl methyl sites for hydroxylation is 1. The molecule has 4 aromatic rings. The molecule has 1 amide bonds. The number of aromatic nitrogens is 2. The van der Waals surface area contributed by atoms with Crippen LogP contribution in [0.5, 0.6) is 0 Å². The number of anilines is 1. The molecule has 1 aromatic heterocycles. The van der Waals surface area contributed by atoms with E-state index in [1.807, 2.05) is 35.0 Å². The molecular weight excluding hydrogens is 446 g/mol. The van der Waals surface area contributed by atoms with Crippen molar-refractivity contribution in [3.05, 3.63) is 113 Å². The van der Waals surface area contributed by atoms with E-state index in [-0.39, 0.29) is 28.2 Å². The summed E-state index contributed by atoms with van der Waals surface area (Å²) in [5.41, 5.74) is 3.52. The summed E-state index contributed by atoms with van der Waals surface area (Å²) >= 11 is 0. The van der Waals surface area contributed by atoms with Crippen molar-refractivity contribution >= 4 is 21.6 Å². The first kappa shape index (κ1) is 22.1. The molecule has 1 unspecified atom stereocenters. The van der Waals surface area contributed by atoms with Crippen LogP contribution in [0.1, 0.15) is 45.9 Å². The predicted octanol–water partition coefficient (Wildman–Crippen LogP) is 5.04. The van der Waals surface area contributed by atoms with Crippen molar-refractivity contribution < 1.29 is 13.2 Å². The summed E-state index contributed by atoms with van der Waals surface area (Å²) < 4.78 is 27.7. The average Bonchev–Trinajstić information content (AvgIpc) is 3.32. The van der Waals surface area contributed by atoms with Gasteiger partial charge in [-0.25, -0.2) is 13.1 Å².